The van der Waals surface area contributed by atoms with E-state index < -0.39 is 17.5 Å². The van der Waals surface area contributed by atoms with Crippen LogP contribution in [0.25, 0.3) is 0 Å². The maximum atomic E-state index is 11.9. The van der Waals surface area contributed by atoms with Crippen molar-refractivity contribution in [3.8, 4) is 5.75 Å². The van der Waals surface area contributed by atoms with Crippen LogP contribution in [0.5, 0.6) is 5.75 Å². The lowest BCUT2D eigenvalue weighted by Crippen LogP contribution is -2.12. The van der Waals surface area contributed by atoms with Crippen molar-refractivity contribution in [1.29, 1.82) is 0 Å². The number of aryl methyl sites for hydroxylation is 3. The number of aromatic hydroxyl groups is 1. The fourth-order valence-corrected chi connectivity index (χ4v) is 4.15. The summed E-state index contributed by atoms with van der Waals surface area (Å²) in [6, 6.07) is 2.01. The summed E-state index contributed by atoms with van der Waals surface area (Å²) in [7, 11) is 0. The van der Waals surface area contributed by atoms with Crippen LogP contribution >= 0.6 is 0 Å². The number of rotatable bonds is 10. The molecule has 6 nitrogen and oxygen atoms in total. The molecule has 0 spiro atoms. The molecule has 6 heteroatoms. The van der Waals surface area contributed by atoms with Gasteiger partial charge in [0.2, 0.25) is 0 Å². The van der Waals surface area contributed by atoms with Crippen molar-refractivity contribution in [2.45, 2.75) is 80.1 Å². The van der Waals surface area contributed by atoms with E-state index >= 15 is 0 Å². The van der Waals surface area contributed by atoms with Gasteiger partial charge in [-0.2, -0.15) is 0 Å². The minimum Gasteiger partial charge on any atom is -0.507 e. The highest BCUT2D eigenvalue weighted by molar-refractivity contribution is 5.72. The standard InChI is InChI=1S/C27H36O6/c1-15(12-18(4)25-19(5)24(28)20(6)27(31)33-25)11-16(2)13-22(26(29)30)9-8-10-23-14-17(3)21(7)32-23/h11,13-14,18,22,28H,8-10,12H2,1-7H3,(H,29,30)/b15-11+,16-13+/t18-,22?/m1/s1. The monoisotopic (exact) mass is 456 g/mol. The normalized spacial score (nSPS) is 14.4. The van der Waals surface area contributed by atoms with Gasteiger partial charge in [0.25, 0.3) is 0 Å². The first-order valence-corrected chi connectivity index (χ1v) is 11.4. The Bertz CT molecular complexity index is 1090. The molecule has 0 aromatic carbocycles. The molecule has 33 heavy (non-hydrogen) atoms. The third-order valence-corrected chi connectivity index (χ3v) is 6.08. The Labute approximate surface area is 195 Å². The number of hydrogen-bond donors (Lipinski definition) is 2. The molecule has 2 rings (SSSR count). The summed E-state index contributed by atoms with van der Waals surface area (Å²) < 4.78 is 11.1. The van der Waals surface area contributed by atoms with Crippen LogP contribution in [0, 0.1) is 33.6 Å². The smallest absolute Gasteiger partial charge is 0.342 e. The zero-order valence-corrected chi connectivity index (χ0v) is 20.7. The number of aliphatic carboxylic acids is 1. The molecule has 0 saturated carbocycles. The zero-order valence-electron chi connectivity index (χ0n) is 20.7. The Morgan fingerprint density at radius 1 is 1.12 bits per heavy atom. The summed E-state index contributed by atoms with van der Waals surface area (Å²) in [5.74, 6) is 0.735. The molecule has 0 aliphatic rings. The summed E-state index contributed by atoms with van der Waals surface area (Å²) in [6.07, 6.45) is 6.34. The first kappa shape index (κ1) is 26.2. The molecule has 2 heterocycles. The molecule has 0 fully saturated rings. The molecule has 2 atom stereocenters. The Morgan fingerprint density at radius 2 is 1.79 bits per heavy atom. The number of furan rings is 1. The van der Waals surface area contributed by atoms with Crippen LogP contribution in [-0.4, -0.2) is 16.2 Å². The van der Waals surface area contributed by atoms with Crippen molar-refractivity contribution in [3.05, 3.63) is 73.8 Å². The summed E-state index contributed by atoms with van der Waals surface area (Å²) in [5, 5.41) is 19.8. The molecule has 2 N–H and O–H groups in total. The number of hydrogen-bond acceptors (Lipinski definition) is 5. The lowest BCUT2D eigenvalue weighted by molar-refractivity contribution is -0.140. The average Bonchev–Trinajstić information content (AvgIpc) is 3.05. The lowest BCUT2D eigenvalue weighted by Gasteiger charge is -2.15. The number of carboxylic acid groups (broad SMARTS) is 1. The predicted octanol–water partition coefficient (Wildman–Crippen LogP) is 6.28. The lowest BCUT2D eigenvalue weighted by atomic mass is 9.94. The molecule has 0 radical (unpaired) electrons. The van der Waals surface area contributed by atoms with E-state index in [1.54, 1.807) is 13.0 Å². The van der Waals surface area contributed by atoms with E-state index in [9.17, 15) is 19.8 Å². The number of carboxylic acids is 1. The van der Waals surface area contributed by atoms with Gasteiger partial charge in [0.05, 0.1) is 11.5 Å². The molecule has 0 amide bonds. The predicted molar refractivity (Wildman–Crippen MR) is 129 cm³/mol. The zero-order chi connectivity index (χ0) is 24.9. The van der Waals surface area contributed by atoms with E-state index in [1.165, 1.54) is 6.92 Å². The van der Waals surface area contributed by atoms with E-state index in [-0.39, 0.29) is 17.2 Å². The van der Waals surface area contributed by atoms with Crippen molar-refractivity contribution in [3.63, 3.8) is 0 Å². The molecular weight excluding hydrogens is 420 g/mol. The molecule has 2 aromatic rings. The average molecular weight is 457 g/mol. The van der Waals surface area contributed by atoms with Crippen molar-refractivity contribution in [1.82, 2.24) is 0 Å². The summed E-state index contributed by atoms with van der Waals surface area (Å²) in [6.45, 7) is 13.0. The Balaban J connectivity index is 2.05. The van der Waals surface area contributed by atoms with Crippen LogP contribution < -0.4 is 5.63 Å². The largest absolute Gasteiger partial charge is 0.507 e. The minimum atomic E-state index is -0.840. The second-order valence-electron chi connectivity index (χ2n) is 9.15. The number of carbonyl (C=O) groups is 1. The topological polar surface area (TPSA) is 101 Å². The summed E-state index contributed by atoms with van der Waals surface area (Å²) in [4.78, 5) is 23.7. The highest BCUT2D eigenvalue weighted by Gasteiger charge is 2.19. The second-order valence-corrected chi connectivity index (χ2v) is 9.15. The van der Waals surface area contributed by atoms with Gasteiger partial charge in [0.15, 0.2) is 0 Å². The molecular formula is C27H36O6. The van der Waals surface area contributed by atoms with Gasteiger partial charge in [-0.25, -0.2) is 4.79 Å². The van der Waals surface area contributed by atoms with Gasteiger partial charge >= 0.3 is 11.6 Å². The SMILES string of the molecule is CC(=C\C(CCCc1cc(C)c(C)o1)C(=O)O)/C=C(\C)C[C@@H](C)c1oc(=O)c(C)c(O)c1C. The number of allylic oxidation sites excluding steroid dienone is 3. The Hall–Kier alpha value is -3.02. The van der Waals surface area contributed by atoms with Crippen LogP contribution in [0.1, 0.15) is 79.9 Å². The Morgan fingerprint density at radius 3 is 2.36 bits per heavy atom. The first-order chi connectivity index (χ1) is 15.4. The van der Waals surface area contributed by atoms with Crippen LogP contribution in [-0.2, 0) is 11.2 Å². The second kappa shape index (κ2) is 11.2. The minimum absolute atomic E-state index is 0.0185. The summed E-state index contributed by atoms with van der Waals surface area (Å²) >= 11 is 0. The molecule has 0 bridgehead atoms. The van der Waals surface area contributed by atoms with E-state index in [1.807, 2.05) is 46.8 Å². The van der Waals surface area contributed by atoms with Gasteiger partial charge in [-0.1, -0.05) is 30.2 Å². The quantitative estimate of drug-likeness (QED) is 0.408. The van der Waals surface area contributed by atoms with E-state index in [2.05, 4.69) is 0 Å². The third-order valence-electron chi connectivity index (χ3n) is 6.08. The molecule has 180 valence electrons. The molecule has 1 unspecified atom stereocenters. The van der Waals surface area contributed by atoms with Crippen LogP contribution in [0.4, 0.5) is 0 Å². The van der Waals surface area contributed by atoms with Crippen LogP contribution in [0.15, 0.2) is 43.0 Å². The van der Waals surface area contributed by atoms with Gasteiger partial charge in [0.1, 0.15) is 23.0 Å². The third kappa shape index (κ3) is 6.98. The van der Waals surface area contributed by atoms with Gasteiger partial charge in [0, 0.05) is 17.9 Å². The van der Waals surface area contributed by atoms with Gasteiger partial charge in [-0.15, -0.1) is 0 Å². The molecule has 0 aliphatic carbocycles. The van der Waals surface area contributed by atoms with E-state index in [4.69, 9.17) is 8.83 Å². The van der Waals surface area contributed by atoms with Gasteiger partial charge in [-0.3, -0.25) is 4.79 Å². The fraction of sp³-hybridized carbons (Fsp3) is 0.481. The highest BCUT2D eigenvalue weighted by atomic mass is 16.4. The van der Waals surface area contributed by atoms with Crippen molar-refractivity contribution >= 4 is 5.97 Å². The van der Waals surface area contributed by atoms with Crippen LogP contribution in [0.2, 0.25) is 0 Å². The van der Waals surface area contributed by atoms with Gasteiger partial charge < -0.3 is 19.0 Å². The Kier molecular flexibility index (Phi) is 8.91. The van der Waals surface area contributed by atoms with E-state index in [0.29, 0.717) is 30.6 Å². The molecule has 0 saturated heterocycles. The van der Waals surface area contributed by atoms with Crippen molar-refractivity contribution in [2.75, 3.05) is 0 Å². The van der Waals surface area contributed by atoms with Crippen molar-refractivity contribution in [2.24, 2.45) is 5.92 Å². The highest BCUT2D eigenvalue weighted by Crippen LogP contribution is 2.31. The maximum absolute atomic E-state index is 11.9. The van der Waals surface area contributed by atoms with Crippen LogP contribution in [0.3, 0.4) is 0 Å². The van der Waals surface area contributed by atoms with Crippen molar-refractivity contribution < 1.29 is 23.8 Å². The fourth-order valence-electron chi connectivity index (χ4n) is 4.15. The van der Waals surface area contributed by atoms with Gasteiger partial charge in [-0.05, 0) is 72.4 Å². The summed E-state index contributed by atoms with van der Waals surface area (Å²) in [5.41, 5.74) is 3.28. The first-order valence-electron chi connectivity index (χ1n) is 11.4. The molecule has 0 aliphatic heterocycles. The molecule has 2 aromatic heterocycles. The maximum Gasteiger partial charge on any atom is 0.342 e. The van der Waals surface area contributed by atoms with E-state index in [0.717, 1.165) is 34.7 Å².